The van der Waals surface area contributed by atoms with E-state index in [0.717, 1.165) is 54.0 Å². The Morgan fingerprint density at radius 1 is 1.45 bits per heavy atom. The second-order valence-corrected chi connectivity index (χ2v) is 6.37. The van der Waals surface area contributed by atoms with Crippen LogP contribution in [0.4, 0.5) is 0 Å². The highest BCUT2D eigenvalue weighted by molar-refractivity contribution is 7.13. The molecule has 0 radical (unpaired) electrons. The van der Waals surface area contributed by atoms with E-state index >= 15 is 0 Å². The van der Waals surface area contributed by atoms with Crippen LogP contribution < -0.4 is 5.32 Å². The van der Waals surface area contributed by atoms with E-state index in [4.69, 9.17) is 4.42 Å². The lowest BCUT2D eigenvalue weighted by molar-refractivity contribution is 0.374. The molecule has 3 aromatic rings. The Morgan fingerprint density at radius 3 is 3.27 bits per heavy atom. The predicted molar refractivity (Wildman–Crippen MR) is 83.5 cm³/mol. The van der Waals surface area contributed by atoms with Gasteiger partial charge in [0.05, 0.1) is 12.0 Å². The minimum Gasteiger partial charge on any atom is -0.462 e. The lowest BCUT2D eigenvalue weighted by Crippen LogP contribution is -2.37. The molecule has 0 aromatic carbocycles. The lowest BCUT2D eigenvalue weighted by atomic mass is 10.1. The largest absolute Gasteiger partial charge is 0.462 e. The number of rotatable bonds is 4. The van der Waals surface area contributed by atoms with Crippen molar-refractivity contribution in [2.24, 2.45) is 0 Å². The normalized spacial score (nSPS) is 17.6. The van der Waals surface area contributed by atoms with Gasteiger partial charge in [-0.25, -0.2) is 4.98 Å². The Bertz CT molecular complexity index is 761. The maximum absolute atomic E-state index is 5.38. The van der Waals surface area contributed by atoms with E-state index in [0.29, 0.717) is 6.04 Å². The van der Waals surface area contributed by atoms with Crippen LogP contribution in [0.3, 0.4) is 0 Å². The van der Waals surface area contributed by atoms with Crippen molar-refractivity contribution < 1.29 is 4.42 Å². The van der Waals surface area contributed by atoms with Gasteiger partial charge < -0.3 is 14.3 Å². The number of furan rings is 1. The highest BCUT2D eigenvalue weighted by Gasteiger charge is 2.21. The summed E-state index contributed by atoms with van der Waals surface area (Å²) in [5.74, 6) is 2.93. The van der Waals surface area contributed by atoms with E-state index in [9.17, 15) is 0 Å². The fourth-order valence-corrected chi connectivity index (χ4v) is 3.57. The number of hydrogen-bond donors (Lipinski definition) is 1. The van der Waals surface area contributed by atoms with Gasteiger partial charge in [0.2, 0.25) is 0 Å². The number of hydrogen-bond acceptors (Lipinski definition) is 6. The summed E-state index contributed by atoms with van der Waals surface area (Å²) >= 11 is 1.62. The molecule has 0 aliphatic carbocycles. The zero-order valence-electron chi connectivity index (χ0n) is 12.3. The predicted octanol–water partition coefficient (Wildman–Crippen LogP) is 2.41. The summed E-state index contributed by atoms with van der Waals surface area (Å²) in [6.45, 7) is 3.72. The zero-order chi connectivity index (χ0) is 14.9. The van der Waals surface area contributed by atoms with Crippen molar-refractivity contribution >= 4 is 11.3 Å². The third-order valence-electron chi connectivity index (χ3n) is 3.99. The Hall–Kier alpha value is -1.99. The zero-order valence-corrected chi connectivity index (χ0v) is 13.1. The number of thiazole rings is 1. The van der Waals surface area contributed by atoms with E-state index in [1.807, 2.05) is 19.1 Å². The molecule has 4 heterocycles. The van der Waals surface area contributed by atoms with Crippen molar-refractivity contribution in [1.82, 2.24) is 25.1 Å². The van der Waals surface area contributed by atoms with Crippen molar-refractivity contribution in [2.75, 3.05) is 0 Å². The number of fused-ring (bicyclic) bond motifs is 1. The molecule has 0 saturated heterocycles. The van der Waals surface area contributed by atoms with Gasteiger partial charge in [-0.15, -0.1) is 21.5 Å². The van der Waals surface area contributed by atoms with Gasteiger partial charge in [-0.2, -0.15) is 0 Å². The molecule has 6 nitrogen and oxygen atoms in total. The van der Waals surface area contributed by atoms with Crippen LogP contribution in [0, 0.1) is 6.92 Å². The topological polar surface area (TPSA) is 68.8 Å². The van der Waals surface area contributed by atoms with Crippen molar-refractivity contribution in [2.45, 2.75) is 38.9 Å². The van der Waals surface area contributed by atoms with Crippen LogP contribution in [0.1, 0.15) is 23.8 Å². The maximum Gasteiger partial charge on any atom is 0.162 e. The summed E-state index contributed by atoms with van der Waals surface area (Å²) in [5, 5.41) is 15.0. The number of nitrogens with one attached hydrogen (secondary N) is 1. The standard InChI is InChI=1S/C15H17N5OS/c1-10-18-19-14-5-4-11(8-20(10)14)16-7-12-9-22-15(17-12)13-3-2-6-21-13/h2-3,6,9,11,16H,4-5,7-8H2,1H3. The molecule has 0 bridgehead atoms. The van der Waals surface area contributed by atoms with E-state index in [1.165, 1.54) is 0 Å². The fourth-order valence-electron chi connectivity index (χ4n) is 2.78. The molecule has 0 fully saturated rings. The van der Waals surface area contributed by atoms with Crippen LogP contribution in [-0.4, -0.2) is 25.8 Å². The molecular weight excluding hydrogens is 298 g/mol. The SMILES string of the molecule is Cc1nnc2n1CC(NCc1csc(-c3ccco3)n1)CC2. The highest BCUT2D eigenvalue weighted by atomic mass is 32.1. The van der Waals surface area contributed by atoms with E-state index in [2.05, 4.69) is 30.4 Å². The molecule has 1 aliphatic heterocycles. The molecule has 3 aromatic heterocycles. The fraction of sp³-hybridized carbons (Fsp3) is 0.400. The minimum absolute atomic E-state index is 0.441. The Morgan fingerprint density at radius 2 is 2.41 bits per heavy atom. The van der Waals surface area contributed by atoms with Crippen LogP contribution in [0.15, 0.2) is 28.2 Å². The van der Waals surface area contributed by atoms with Gasteiger partial charge in [0.1, 0.15) is 11.6 Å². The molecule has 0 saturated carbocycles. The first kappa shape index (κ1) is 13.7. The number of aryl methyl sites for hydroxylation is 2. The van der Waals surface area contributed by atoms with Gasteiger partial charge in [0.25, 0.3) is 0 Å². The molecule has 0 amide bonds. The average molecular weight is 315 g/mol. The molecule has 1 atom stereocenters. The van der Waals surface area contributed by atoms with Gasteiger partial charge in [-0.1, -0.05) is 0 Å². The maximum atomic E-state index is 5.38. The van der Waals surface area contributed by atoms with Gasteiger partial charge in [-0.3, -0.25) is 0 Å². The second-order valence-electron chi connectivity index (χ2n) is 5.51. The van der Waals surface area contributed by atoms with Crippen LogP contribution in [-0.2, 0) is 19.5 Å². The summed E-state index contributed by atoms with van der Waals surface area (Å²) in [4.78, 5) is 4.62. The molecule has 1 N–H and O–H groups in total. The van der Waals surface area contributed by atoms with Crippen LogP contribution in [0.25, 0.3) is 10.8 Å². The van der Waals surface area contributed by atoms with E-state index < -0.39 is 0 Å². The molecule has 22 heavy (non-hydrogen) atoms. The van der Waals surface area contributed by atoms with Gasteiger partial charge >= 0.3 is 0 Å². The van der Waals surface area contributed by atoms with Crippen LogP contribution >= 0.6 is 11.3 Å². The van der Waals surface area contributed by atoms with Crippen molar-refractivity contribution in [1.29, 1.82) is 0 Å². The summed E-state index contributed by atoms with van der Waals surface area (Å²) in [5.41, 5.74) is 1.06. The molecule has 0 spiro atoms. The summed E-state index contributed by atoms with van der Waals surface area (Å²) in [7, 11) is 0. The summed E-state index contributed by atoms with van der Waals surface area (Å²) in [6.07, 6.45) is 3.75. The smallest absolute Gasteiger partial charge is 0.162 e. The first-order valence-electron chi connectivity index (χ1n) is 7.40. The van der Waals surface area contributed by atoms with Gasteiger partial charge in [-0.05, 0) is 25.5 Å². The van der Waals surface area contributed by atoms with E-state index in [-0.39, 0.29) is 0 Å². The third kappa shape index (κ3) is 2.57. The van der Waals surface area contributed by atoms with Crippen LogP contribution in [0.5, 0.6) is 0 Å². The Labute approximate surface area is 132 Å². The monoisotopic (exact) mass is 315 g/mol. The van der Waals surface area contributed by atoms with Crippen molar-refractivity contribution in [3.63, 3.8) is 0 Å². The Kier molecular flexibility index (Phi) is 3.51. The lowest BCUT2D eigenvalue weighted by Gasteiger charge is -2.24. The Balaban J connectivity index is 1.38. The second kappa shape index (κ2) is 5.66. The molecule has 114 valence electrons. The molecule has 4 rings (SSSR count). The first-order valence-corrected chi connectivity index (χ1v) is 8.28. The van der Waals surface area contributed by atoms with Gasteiger partial charge in [0, 0.05) is 30.9 Å². The number of aromatic nitrogens is 4. The minimum atomic E-state index is 0.441. The summed E-state index contributed by atoms with van der Waals surface area (Å²) < 4.78 is 7.59. The summed E-state index contributed by atoms with van der Waals surface area (Å²) in [6, 6.07) is 4.26. The molecular formula is C15H17N5OS. The van der Waals surface area contributed by atoms with E-state index in [1.54, 1.807) is 17.6 Å². The highest BCUT2D eigenvalue weighted by Crippen LogP contribution is 2.24. The first-order chi connectivity index (χ1) is 10.8. The molecule has 1 unspecified atom stereocenters. The van der Waals surface area contributed by atoms with Crippen LogP contribution in [0.2, 0.25) is 0 Å². The van der Waals surface area contributed by atoms with Crippen molar-refractivity contribution in [3.8, 4) is 10.8 Å². The van der Waals surface area contributed by atoms with Crippen molar-refractivity contribution in [3.05, 3.63) is 41.1 Å². The molecule has 1 aliphatic rings. The van der Waals surface area contributed by atoms with Gasteiger partial charge in [0.15, 0.2) is 10.8 Å². The number of nitrogens with zero attached hydrogens (tertiary/aromatic N) is 4. The third-order valence-corrected chi connectivity index (χ3v) is 4.89. The quantitative estimate of drug-likeness (QED) is 0.800. The molecule has 7 heteroatoms. The average Bonchev–Trinajstić information content (AvgIpc) is 3.26.